The molecular formula is C32H38N6O3. The number of nitrogens with one attached hydrogen (secondary N) is 2. The first-order valence-corrected chi connectivity index (χ1v) is 14.4. The summed E-state index contributed by atoms with van der Waals surface area (Å²) < 4.78 is 7.22. The molecule has 41 heavy (non-hydrogen) atoms. The van der Waals surface area contributed by atoms with Crippen molar-refractivity contribution in [1.82, 2.24) is 25.0 Å². The van der Waals surface area contributed by atoms with Gasteiger partial charge in [0.15, 0.2) is 5.82 Å². The number of rotatable bonds is 9. The maximum atomic E-state index is 12.8. The number of methoxy groups -OCH3 is 1. The molecule has 0 unspecified atom stereocenters. The quantitative estimate of drug-likeness (QED) is 0.289. The topological polar surface area (TPSA) is 105 Å². The number of aryl methyl sites for hydroxylation is 1. The second-order valence-corrected chi connectivity index (χ2v) is 11.4. The van der Waals surface area contributed by atoms with Crippen LogP contribution in [0.5, 0.6) is 5.88 Å². The third kappa shape index (κ3) is 5.92. The monoisotopic (exact) mass is 554 g/mol. The molecule has 0 radical (unpaired) electrons. The molecule has 1 aliphatic heterocycles. The lowest BCUT2D eigenvalue weighted by molar-refractivity contribution is -0.121. The molecule has 0 atom stereocenters. The van der Waals surface area contributed by atoms with Crippen LogP contribution in [0.3, 0.4) is 0 Å². The molecule has 1 saturated heterocycles. The summed E-state index contributed by atoms with van der Waals surface area (Å²) in [7, 11) is 1.59. The number of aliphatic hydroxyl groups is 1. The van der Waals surface area contributed by atoms with Crippen LogP contribution >= 0.6 is 0 Å². The summed E-state index contributed by atoms with van der Waals surface area (Å²) in [6.45, 7) is 4.57. The molecule has 4 aromatic rings. The third-order valence-corrected chi connectivity index (χ3v) is 8.48. The molecule has 1 aliphatic carbocycles. The molecular weight excluding hydrogens is 516 g/mol. The predicted octanol–water partition coefficient (Wildman–Crippen LogP) is 3.84. The van der Waals surface area contributed by atoms with E-state index in [4.69, 9.17) is 9.84 Å². The van der Waals surface area contributed by atoms with Crippen LogP contribution in [-0.2, 0) is 16.9 Å². The van der Waals surface area contributed by atoms with Gasteiger partial charge < -0.3 is 20.5 Å². The zero-order valence-corrected chi connectivity index (χ0v) is 23.7. The van der Waals surface area contributed by atoms with Crippen molar-refractivity contribution < 1.29 is 14.6 Å². The lowest BCUT2D eigenvalue weighted by Crippen LogP contribution is -2.63. The van der Waals surface area contributed by atoms with Crippen molar-refractivity contribution in [3.63, 3.8) is 0 Å². The number of hydrogen-bond donors (Lipinski definition) is 3. The normalized spacial score (nSPS) is 21.4. The Bertz CT molecular complexity index is 1510. The maximum Gasteiger partial charge on any atom is 0.239 e. The van der Waals surface area contributed by atoms with E-state index in [1.54, 1.807) is 13.2 Å². The van der Waals surface area contributed by atoms with Gasteiger partial charge in [-0.1, -0.05) is 48.0 Å². The maximum absolute atomic E-state index is 12.8. The van der Waals surface area contributed by atoms with Crippen LogP contribution in [0.1, 0.15) is 42.5 Å². The standard InChI is InChI=1S/C32H38N6O3/c1-22-11-12-27-26(17-22)31(36-38(27)19-23-7-4-3-5-8-23)33-18-29(39)34-24-20-37(21-24)25-13-15-32(40,16-14-25)28-9-6-10-30(35-28)41-2/h3-12,17,24-25,40H,13-16,18-21H2,1-2H3,(H,33,36)(H,34,39). The lowest BCUT2D eigenvalue weighted by atomic mass is 9.78. The highest BCUT2D eigenvalue weighted by Gasteiger charge is 2.41. The Kier molecular flexibility index (Phi) is 7.64. The number of pyridine rings is 1. The van der Waals surface area contributed by atoms with E-state index in [1.807, 2.05) is 35.0 Å². The number of anilines is 1. The molecule has 214 valence electrons. The van der Waals surface area contributed by atoms with Gasteiger partial charge in [-0.2, -0.15) is 5.10 Å². The number of nitrogens with zero attached hydrogens (tertiary/aromatic N) is 4. The highest BCUT2D eigenvalue weighted by atomic mass is 16.5. The number of fused-ring (bicyclic) bond motifs is 1. The molecule has 3 heterocycles. The Morgan fingerprint density at radius 2 is 1.85 bits per heavy atom. The Hall–Kier alpha value is -3.95. The molecule has 3 N–H and O–H groups in total. The summed E-state index contributed by atoms with van der Waals surface area (Å²) in [4.78, 5) is 19.7. The van der Waals surface area contributed by atoms with E-state index in [0.29, 0.717) is 37.0 Å². The average molecular weight is 555 g/mol. The van der Waals surface area contributed by atoms with Crippen molar-refractivity contribution in [2.24, 2.45) is 0 Å². The van der Waals surface area contributed by atoms with Crippen molar-refractivity contribution in [2.75, 3.05) is 32.1 Å². The lowest BCUT2D eigenvalue weighted by Gasteiger charge is -2.48. The number of carbonyl (C=O) groups excluding carboxylic acids is 1. The van der Waals surface area contributed by atoms with Crippen molar-refractivity contribution in [3.05, 3.63) is 83.6 Å². The van der Waals surface area contributed by atoms with Gasteiger partial charge in [0.1, 0.15) is 5.60 Å². The second kappa shape index (κ2) is 11.5. The fourth-order valence-corrected chi connectivity index (χ4v) is 6.13. The van der Waals surface area contributed by atoms with E-state index in [-0.39, 0.29) is 18.5 Å². The summed E-state index contributed by atoms with van der Waals surface area (Å²) in [5.41, 5.74) is 3.14. The van der Waals surface area contributed by atoms with Gasteiger partial charge in [-0.15, -0.1) is 0 Å². The van der Waals surface area contributed by atoms with Crippen molar-refractivity contribution in [3.8, 4) is 5.88 Å². The summed E-state index contributed by atoms with van der Waals surface area (Å²) in [5.74, 6) is 1.22. The third-order valence-electron chi connectivity index (χ3n) is 8.48. The predicted molar refractivity (Wildman–Crippen MR) is 159 cm³/mol. The summed E-state index contributed by atoms with van der Waals surface area (Å²) in [6, 6.07) is 22.7. The van der Waals surface area contributed by atoms with Crippen LogP contribution in [0.2, 0.25) is 0 Å². The van der Waals surface area contributed by atoms with Crippen molar-refractivity contribution in [1.29, 1.82) is 0 Å². The molecule has 2 aromatic heterocycles. The minimum absolute atomic E-state index is 0.0322. The highest BCUT2D eigenvalue weighted by molar-refractivity contribution is 5.92. The number of likely N-dealkylation sites (tertiary alicyclic amines) is 1. The Morgan fingerprint density at radius 3 is 2.61 bits per heavy atom. The van der Waals surface area contributed by atoms with Gasteiger partial charge in [0.25, 0.3) is 0 Å². The number of ether oxygens (including phenoxy) is 1. The number of hydrogen-bond acceptors (Lipinski definition) is 7. The first kappa shape index (κ1) is 27.2. The SMILES string of the molecule is COc1cccc(C2(O)CCC(N3CC(NC(=O)CNc4nn(Cc5ccccc5)c5ccc(C)cc45)C3)CC2)n1. The average Bonchev–Trinajstić information content (AvgIpc) is 3.30. The molecule has 1 saturated carbocycles. The molecule has 2 aliphatic rings. The van der Waals surface area contributed by atoms with E-state index in [0.717, 1.165) is 48.2 Å². The molecule has 0 spiro atoms. The molecule has 6 rings (SSSR count). The van der Waals surface area contributed by atoms with Crippen LogP contribution < -0.4 is 15.4 Å². The summed E-state index contributed by atoms with van der Waals surface area (Å²) in [6.07, 6.45) is 3.13. The van der Waals surface area contributed by atoms with Gasteiger partial charge in [0.05, 0.1) is 37.5 Å². The second-order valence-electron chi connectivity index (χ2n) is 11.4. The molecule has 1 amide bonds. The fraction of sp³-hybridized carbons (Fsp3) is 0.406. The largest absolute Gasteiger partial charge is 0.481 e. The van der Waals surface area contributed by atoms with Gasteiger partial charge in [-0.05, 0) is 56.4 Å². The Labute approximate surface area is 240 Å². The van der Waals surface area contributed by atoms with Gasteiger partial charge in [0.2, 0.25) is 11.8 Å². The molecule has 2 fully saturated rings. The first-order valence-electron chi connectivity index (χ1n) is 14.4. The van der Waals surface area contributed by atoms with E-state index in [2.05, 4.69) is 57.8 Å². The van der Waals surface area contributed by atoms with Crippen LogP contribution in [-0.4, -0.2) is 69.5 Å². The smallest absolute Gasteiger partial charge is 0.239 e. The van der Waals surface area contributed by atoms with E-state index in [9.17, 15) is 9.90 Å². The van der Waals surface area contributed by atoms with Crippen molar-refractivity contribution >= 4 is 22.6 Å². The van der Waals surface area contributed by atoms with Gasteiger partial charge >= 0.3 is 0 Å². The number of benzene rings is 2. The van der Waals surface area contributed by atoms with Crippen LogP contribution in [0.15, 0.2) is 66.7 Å². The fourth-order valence-electron chi connectivity index (χ4n) is 6.13. The molecule has 9 heteroatoms. The number of amides is 1. The van der Waals surface area contributed by atoms with Crippen molar-refractivity contribution in [2.45, 2.75) is 56.8 Å². The van der Waals surface area contributed by atoms with Gasteiger partial charge in [-0.3, -0.25) is 14.4 Å². The summed E-state index contributed by atoms with van der Waals surface area (Å²) >= 11 is 0. The van der Waals surface area contributed by atoms with Crippen LogP contribution in [0, 0.1) is 6.92 Å². The van der Waals surface area contributed by atoms with Crippen LogP contribution in [0.25, 0.3) is 10.9 Å². The number of carbonyl (C=O) groups is 1. The Balaban J connectivity index is 0.993. The highest BCUT2D eigenvalue weighted by Crippen LogP contribution is 2.39. The van der Waals surface area contributed by atoms with E-state index >= 15 is 0 Å². The Morgan fingerprint density at radius 1 is 1.07 bits per heavy atom. The van der Waals surface area contributed by atoms with Gasteiger partial charge in [0, 0.05) is 30.6 Å². The minimum atomic E-state index is -0.911. The van der Waals surface area contributed by atoms with Crippen LogP contribution in [0.4, 0.5) is 5.82 Å². The van der Waals surface area contributed by atoms with Gasteiger partial charge in [-0.25, -0.2) is 4.98 Å². The zero-order chi connectivity index (χ0) is 28.4. The summed E-state index contributed by atoms with van der Waals surface area (Å²) in [5, 5.41) is 23.5. The van der Waals surface area contributed by atoms with E-state index in [1.165, 1.54) is 5.56 Å². The first-order chi connectivity index (χ1) is 19.9. The molecule has 9 nitrogen and oxygen atoms in total. The number of aromatic nitrogens is 3. The molecule has 2 aromatic carbocycles. The van der Waals surface area contributed by atoms with E-state index < -0.39 is 5.60 Å². The zero-order valence-electron chi connectivity index (χ0n) is 23.7. The minimum Gasteiger partial charge on any atom is -0.481 e. The molecule has 0 bridgehead atoms.